The summed E-state index contributed by atoms with van der Waals surface area (Å²) in [7, 11) is 0. The average Bonchev–Trinajstić information content (AvgIpc) is 2.83. The molecule has 3 N–H and O–H groups in total. The Bertz CT molecular complexity index is 1140. The van der Waals surface area contributed by atoms with Gasteiger partial charge in [0.05, 0.1) is 24.1 Å². The summed E-state index contributed by atoms with van der Waals surface area (Å²) in [5.41, 5.74) is 4.13. The number of hydrogen-bond acceptors (Lipinski definition) is 6. The maximum atomic E-state index is 12.9. The Balaban J connectivity index is 1.43. The molecular formula is C25H27N3O5. The molecule has 4 rings (SSSR count). The number of pyridine rings is 1. The number of aryl methyl sites for hydroxylation is 1. The minimum absolute atomic E-state index is 0.0598. The second-order valence-electron chi connectivity index (χ2n) is 8.36. The molecule has 1 fully saturated rings. The predicted octanol–water partition coefficient (Wildman–Crippen LogP) is 3.30. The fourth-order valence-electron chi connectivity index (χ4n) is 4.17. The first kappa shape index (κ1) is 22.7. The van der Waals surface area contributed by atoms with Crippen LogP contribution in [-0.4, -0.2) is 40.8 Å². The van der Waals surface area contributed by atoms with E-state index in [-0.39, 0.29) is 18.9 Å². The van der Waals surface area contributed by atoms with Crippen molar-refractivity contribution in [1.82, 2.24) is 15.8 Å². The quantitative estimate of drug-likeness (QED) is 0.377. The highest BCUT2D eigenvalue weighted by molar-refractivity contribution is 5.95. The lowest BCUT2D eigenvalue weighted by Gasteiger charge is -2.37. The highest BCUT2D eigenvalue weighted by Gasteiger charge is 2.37. The molecule has 172 valence electrons. The SMILES string of the molecule is Cc1cc(COc2ccc(C(=O)NC3(CC(=O)NO)CCCOC3)cc2)c2ccccc2n1. The molecule has 1 aromatic heterocycles. The number of aromatic nitrogens is 1. The molecule has 3 aromatic rings. The lowest BCUT2D eigenvalue weighted by atomic mass is 9.88. The molecule has 0 spiro atoms. The van der Waals surface area contributed by atoms with Gasteiger partial charge in [-0.3, -0.25) is 19.8 Å². The van der Waals surface area contributed by atoms with Gasteiger partial charge in [-0.25, -0.2) is 5.48 Å². The molecule has 1 saturated heterocycles. The number of carbonyl (C=O) groups excluding carboxylic acids is 2. The molecule has 1 aliphatic heterocycles. The first-order valence-corrected chi connectivity index (χ1v) is 10.9. The predicted molar refractivity (Wildman–Crippen MR) is 122 cm³/mol. The summed E-state index contributed by atoms with van der Waals surface area (Å²) in [6, 6.07) is 16.8. The summed E-state index contributed by atoms with van der Waals surface area (Å²) in [4.78, 5) is 29.2. The van der Waals surface area contributed by atoms with Gasteiger partial charge in [0.1, 0.15) is 12.4 Å². The van der Waals surface area contributed by atoms with Crippen molar-refractivity contribution in [3.8, 4) is 5.75 Å². The van der Waals surface area contributed by atoms with Crippen molar-refractivity contribution < 1.29 is 24.3 Å². The zero-order valence-electron chi connectivity index (χ0n) is 18.5. The van der Waals surface area contributed by atoms with Gasteiger partial charge in [-0.2, -0.15) is 0 Å². The molecule has 2 aromatic carbocycles. The summed E-state index contributed by atoms with van der Waals surface area (Å²) in [6.07, 6.45) is 1.25. The number of rotatable bonds is 7. The molecule has 0 aliphatic carbocycles. The first-order valence-electron chi connectivity index (χ1n) is 10.9. The van der Waals surface area contributed by atoms with E-state index in [1.54, 1.807) is 29.7 Å². The van der Waals surface area contributed by atoms with Gasteiger partial charge in [0.25, 0.3) is 5.91 Å². The minimum atomic E-state index is -0.850. The largest absolute Gasteiger partial charge is 0.489 e. The van der Waals surface area contributed by atoms with Crippen LogP contribution in [-0.2, 0) is 16.1 Å². The molecule has 0 bridgehead atoms. The van der Waals surface area contributed by atoms with Crippen molar-refractivity contribution in [1.29, 1.82) is 0 Å². The molecule has 0 saturated carbocycles. The van der Waals surface area contributed by atoms with Crippen molar-refractivity contribution in [2.45, 2.75) is 38.3 Å². The molecule has 1 unspecified atom stereocenters. The molecule has 2 amide bonds. The van der Waals surface area contributed by atoms with Gasteiger partial charge in [0.2, 0.25) is 5.91 Å². The van der Waals surface area contributed by atoms with Gasteiger partial charge < -0.3 is 14.8 Å². The van der Waals surface area contributed by atoms with Crippen LogP contribution in [0.1, 0.15) is 40.9 Å². The number of hydroxylamine groups is 1. The molecule has 2 heterocycles. The number of benzene rings is 2. The van der Waals surface area contributed by atoms with E-state index in [0.717, 1.165) is 28.6 Å². The summed E-state index contributed by atoms with van der Waals surface area (Å²) >= 11 is 0. The fraction of sp³-hybridized carbons (Fsp3) is 0.320. The lowest BCUT2D eigenvalue weighted by Crippen LogP contribution is -2.56. The fourth-order valence-corrected chi connectivity index (χ4v) is 4.17. The normalized spacial score (nSPS) is 18.0. The van der Waals surface area contributed by atoms with Crippen molar-refractivity contribution >= 4 is 22.7 Å². The number of para-hydroxylation sites is 1. The lowest BCUT2D eigenvalue weighted by molar-refractivity contribution is -0.132. The maximum Gasteiger partial charge on any atom is 0.251 e. The topological polar surface area (TPSA) is 110 Å². The third kappa shape index (κ3) is 5.47. The second-order valence-corrected chi connectivity index (χ2v) is 8.36. The maximum absolute atomic E-state index is 12.9. The highest BCUT2D eigenvalue weighted by Crippen LogP contribution is 2.25. The van der Waals surface area contributed by atoms with Crippen LogP contribution >= 0.6 is 0 Å². The number of nitrogens with zero attached hydrogens (tertiary/aromatic N) is 1. The van der Waals surface area contributed by atoms with E-state index >= 15 is 0 Å². The van der Waals surface area contributed by atoms with Crippen LogP contribution in [0.2, 0.25) is 0 Å². The molecule has 1 aliphatic rings. The minimum Gasteiger partial charge on any atom is -0.489 e. The van der Waals surface area contributed by atoms with Crippen molar-refractivity contribution in [2.75, 3.05) is 13.2 Å². The van der Waals surface area contributed by atoms with E-state index in [1.807, 2.05) is 37.3 Å². The van der Waals surface area contributed by atoms with Crippen LogP contribution in [0.25, 0.3) is 10.9 Å². The van der Waals surface area contributed by atoms with E-state index in [2.05, 4.69) is 10.3 Å². The van der Waals surface area contributed by atoms with Crippen LogP contribution in [0.4, 0.5) is 0 Å². The van der Waals surface area contributed by atoms with Gasteiger partial charge >= 0.3 is 0 Å². The van der Waals surface area contributed by atoms with E-state index < -0.39 is 11.4 Å². The van der Waals surface area contributed by atoms with Crippen LogP contribution < -0.4 is 15.5 Å². The van der Waals surface area contributed by atoms with E-state index in [1.165, 1.54) is 0 Å². The molecule has 8 nitrogen and oxygen atoms in total. The Hall–Kier alpha value is -3.49. The summed E-state index contributed by atoms with van der Waals surface area (Å²) in [6.45, 7) is 3.13. The summed E-state index contributed by atoms with van der Waals surface area (Å²) < 4.78 is 11.5. The highest BCUT2D eigenvalue weighted by atomic mass is 16.5. The first-order chi connectivity index (χ1) is 16.0. The number of carbonyl (C=O) groups is 2. The van der Waals surface area contributed by atoms with Gasteiger partial charge in [0, 0.05) is 28.8 Å². The molecule has 1 atom stereocenters. The van der Waals surface area contributed by atoms with Crippen molar-refractivity contribution in [3.63, 3.8) is 0 Å². The van der Waals surface area contributed by atoms with Gasteiger partial charge in [-0.1, -0.05) is 18.2 Å². The van der Waals surface area contributed by atoms with Crippen LogP contribution in [0, 0.1) is 6.92 Å². The summed E-state index contributed by atoms with van der Waals surface area (Å²) in [5.74, 6) is -0.238. The molecule has 8 heteroatoms. The Morgan fingerprint density at radius 3 is 2.70 bits per heavy atom. The third-order valence-corrected chi connectivity index (χ3v) is 5.77. The smallest absolute Gasteiger partial charge is 0.251 e. The molecule has 33 heavy (non-hydrogen) atoms. The number of hydrogen-bond donors (Lipinski definition) is 3. The zero-order valence-corrected chi connectivity index (χ0v) is 18.5. The standard InChI is InChI=1S/C25H27N3O5/c1-17-13-19(21-5-2-3-6-22(21)26-17)15-33-20-9-7-18(8-10-20)24(30)27-25(14-23(29)28-31)11-4-12-32-16-25/h2-3,5-10,13,31H,4,11-12,14-16H2,1H3,(H,27,30)(H,28,29). The van der Waals surface area contributed by atoms with Crippen molar-refractivity contribution in [2.24, 2.45) is 0 Å². The third-order valence-electron chi connectivity index (χ3n) is 5.77. The summed E-state index contributed by atoms with van der Waals surface area (Å²) in [5, 5.41) is 12.9. The number of fused-ring (bicyclic) bond motifs is 1. The second kappa shape index (κ2) is 9.97. The number of nitrogens with one attached hydrogen (secondary N) is 2. The average molecular weight is 450 g/mol. The van der Waals surface area contributed by atoms with Crippen LogP contribution in [0.5, 0.6) is 5.75 Å². The van der Waals surface area contributed by atoms with Gasteiger partial charge in [0.15, 0.2) is 0 Å². The Kier molecular flexibility index (Phi) is 6.86. The van der Waals surface area contributed by atoms with Crippen LogP contribution in [0.15, 0.2) is 54.6 Å². The van der Waals surface area contributed by atoms with E-state index in [0.29, 0.717) is 30.9 Å². The van der Waals surface area contributed by atoms with Gasteiger partial charge in [-0.05, 0) is 56.2 Å². The number of amides is 2. The Morgan fingerprint density at radius 2 is 1.97 bits per heavy atom. The molecule has 0 radical (unpaired) electrons. The monoisotopic (exact) mass is 449 g/mol. The number of ether oxygens (including phenoxy) is 2. The Morgan fingerprint density at radius 1 is 1.18 bits per heavy atom. The zero-order chi connectivity index (χ0) is 23.3. The van der Waals surface area contributed by atoms with Crippen LogP contribution in [0.3, 0.4) is 0 Å². The Labute approximate surface area is 191 Å². The molecular weight excluding hydrogens is 422 g/mol. The van der Waals surface area contributed by atoms with E-state index in [4.69, 9.17) is 14.7 Å². The van der Waals surface area contributed by atoms with Crippen molar-refractivity contribution in [3.05, 3.63) is 71.4 Å². The van der Waals surface area contributed by atoms with E-state index in [9.17, 15) is 9.59 Å². The van der Waals surface area contributed by atoms with Gasteiger partial charge in [-0.15, -0.1) is 0 Å².